The highest BCUT2D eigenvalue weighted by molar-refractivity contribution is 5.40. The topological polar surface area (TPSA) is 49.5 Å². The van der Waals surface area contributed by atoms with Crippen LogP contribution in [0, 0.1) is 0 Å². The summed E-state index contributed by atoms with van der Waals surface area (Å²) in [6.07, 6.45) is 1.11. The van der Waals surface area contributed by atoms with Crippen LogP contribution in [0.4, 0.5) is 5.69 Å². The van der Waals surface area contributed by atoms with Crippen LogP contribution < -0.4 is 5.73 Å². The van der Waals surface area contributed by atoms with Crippen molar-refractivity contribution >= 4 is 5.69 Å². The van der Waals surface area contributed by atoms with Gasteiger partial charge in [-0.15, -0.1) is 0 Å². The van der Waals surface area contributed by atoms with Gasteiger partial charge in [-0.25, -0.2) is 0 Å². The highest BCUT2D eigenvalue weighted by Crippen LogP contribution is 2.15. The van der Waals surface area contributed by atoms with Crippen molar-refractivity contribution in [2.24, 2.45) is 0 Å². The number of nitrogen functional groups attached to an aromatic ring is 1. The van der Waals surface area contributed by atoms with Gasteiger partial charge in [0.25, 0.3) is 0 Å². The van der Waals surface area contributed by atoms with Crippen LogP contribution in [0.1, 0.15) is 24.5 Å². The Bertz CT molecular complexity index is 537. The summed E-state index contributed by atoms with van der Waals surface area (Å²) in [7, 11) is 0. The third-order valence-corrected chi connectivity index (χ3v) is 3.24. The fourth-order valence-electron chi connectivity index (χ4n) is 2.34. The molecule has 0 aromatic heterocycles. The molecule has 0 unspecified atom stereocenters. The number of phenols is 1. The Labute approximate surface area is 120 Å². The van der Waals surface area contributed by atoms with E-state index in [1.54, 1.807) is 12.1 Å². The molecule has 0 aliphatic carbocycles. The van der Waals surface area contributed by atoms with Crippen LogP contribution in [0.25, 0.3) is 0 Å². The summed E-state index contributed by atoms with van der Waals surface area (Å²) in [4.78, 5) is 2.39. The van der Waals surface area contributed by atoms with Gasteiger partial charge in [-0.3, -0.25) is 4.90 Å². The molecule has 20 heavy (non-hydrogen) atoms. The van der Waals surface area contributed by atoms with E-state index in [-0.39, 0.29) is 0 Å². The van der Waals surface area contributed by atoms with E-state index >= 15 is 0 Å². The standard InChI is InChI=1S/C17H22N2O/c1-2-10-19(12-14-6-8-17(20)9-7-14)13-15-4-3-5-16(18)11-15/h3-9,11,20H,2,10,12-13,18H2,1H3. The lowest BCUT2D eigenvalue weighted by Gasteiger charge is -2.22. The van der Waals surface area contributed by atoms with Crippen LogP contribution >= 0.6 is 0 Å². The minimum Gasteiger partial charge on any atom is -0.508 e. The van der Waals surface area contributed by atoms with Gasteiger partial charge in [0.1, 0.15) is 5.75 Å². The zero-order valence-corrected chi connectivity index (χ0v) is 11.9. The number of anilines is 1. The summed E-state index contributed by atoms with van der Waals surface area (Å²) in [5.74, 6) is 0.312. The average Bonchev–Trinajstić information content (AvgIpc) is 2.42. The minimum absolute atomic E-state index is 0.312. The van der Waals surface area contributed by atoms with E-state index in [1.807, 2.05) is 30.3 Å². The Morgan fingerprint density at radius 1 is 1.00 bits per heavy atom. The smallest absolute Gasteiger partial charge is 0.115 e. The largest absolute Gasteiger partial charge is 0.508 e. The van der Waals surface area contributed by atoms with E-state index in [2.05, 4.69) is 17.9 Å². The van der Waals surface area contributed by atoms with E-state index in [1.165, 1.54) is 11.1 Å². The molecule has 2 aromatic carbocycles. The first kappa shape index (κ1) is 14.4. The molecular formula is C17H22N2O. The van der Waals surface area contributed by atoms with Crippen molar-refractivity contribution in [1.82, 2.24) is 4.90 Å². The Kier molecular flexibility index (Phi) is 5.02. The van der Waals surface area contributed by atoms with Crippen molar-refractivity contribution in [2.75, 3.05) is 12.3 Å². The van der Waals surface area contributed by atoms with Crippen LogP contribution in [0.5, 0.6) is 5.75 Å². The summed E-state index contributed by atoms with van der Waals surface area (Å²) in [6.45, 7) is 4.99. The van der Waals surface area contributed by atoms with Crippen LogP contribution in [0.2, 0.25) is 0 Å². The third kappa shape index (κ3) is 4.28. The van der Waals surface area contributed by atoms with Crippen molar-refractivity contribution in [1.29, 1.82) is 0 Å². The fraction of sp³-hybridized carbons (Fsp3) is 0.294. The third-order valence-electron chi connectivity index (χ3n) is 3.24. The number of hydrogen-bond acceptors (Lipinski definition) is 3. The predicted octanol–water partition coefficient (Wildman–Crippen LogP) is 3.39. The molecular weight excluding hydrogens is 248 g/mol. The van der Waals surface area contributed by atoms with Gasteiger partial charge in [0.05, 0.1) is 0 Å². The van der Waals surface area contributed by atoms with Crippen molar-refractivity contribution < 1.29 is 5.11 Å². The Morgan fingerprint density at radius 3 is 2.35 bits per heavy atom. The second-order valence-electron chi connectivity index (χ2n) is 5.12. The second kappa shape index (κ2) is 6.96. The maximum atomic E-state index is 9.33. The lowest BCUT2D eigenvalue weighted by molar-refractivity contribution is 0.257. The van der Waals surface area contributed by atoms with E-state index in [0.29, 0.717) is 5.75 Å². The molecule has 0 saturated carbocycles. The molecule has 0 aliphatic rings. The highest BCUT2D eigenvalue weighted by Gasteiger charge is 2.06. The first-order valence-electron chi connectivity index (χ1n) is 7.02. The maximum absolute atomic E-state index is 9.33. The van der Waals surface area contributed by atoms with Gasteiger partial charge in [0.2, 0.25) is 0 Å². The van der Waals surface area contributed by atoms with Gasteiger partial charge in [0.15, 0.2) is 0 Å². The fourth-order valence-corrected chi connectivity index (χ4v) is 2.34. The Balaban J connectivity index is 2.05. The molecule has 0 bridgehead atoms. The molecule has 106 valence electrons. The van der Waals surface area contributed by atoms with Gasteiger partial charge in [-0.05, 0) is 48.4 Å². The number of aromatic hydroxyl groups is 1. The maximum Gasteiger partial charge on any atom is 0.115 e. The van der Waals surface area contributed by atoms with Crippen molar-refractivity contribution in [3.63, 3.8) is 0 Å². The van der Waals surface area contributed by atoms with Crippen LogP contribution in [-0.2, 0) is 13.1 Å². The van der Waals surface area contributed by atoms with Crippen molar-refractivity contribution in [2.45, 2.75) is 26.4 Å². The second-order valence-corrected chi connectivity index (χ2v) is 5.12. The molecule has 2 aromatic rings. The SMILES string of the molecule is CCCN(Cc1ccc(O)cc1)Cc1cccc(N)c1. The van der Waals surface area contributed by atoms with Crippen LogP contribution in [-0.4, -0.2) is 16.6 Å². The monoisotopic (exact) mass is 270 g/mol. The molecule has 3 heteroatoms. The van der Waals surface area contributed by atoms with Gasteiger partial charge in [0, 0.05) is 18.8 Å². The molecule has 0 heterocycles. The lowest BCUT2D eigenvalue weighted by atomic mass is 10.1. The molecule has 3 N–H and O–H groups in total. The molecule has 0 saturated heterocycles. The van der Waals surface area contributed by atoms with Crippen LogP contribution in [0.15, 0.2) is 48.5 Å². The summed E-state index contributed by atoms with van der Waals surface area (Å²) in [5, 5.41) is 9.33. The first-order valence-corrected chi connectivity index (χ1v) is 7.02. The zero-order valence-electron chi connectivity index (χ0n) is 11.9. The molecule has 0 aliphatic heterocycles. The summed E-state index contributed by atoms with van der Waals surface area (Å²) in [5.41, 5.74) is 9.08. The first-order chi connectivity index (χ1) is 9.67. The average molecular weight is 270 g/mol. The number of hydrogen-bond donors (Lipinski definition) is 2. The quantitative estimate of drug-likeness (QED) is 0.791. The van der Waals surface area contributed by atoms with E-state index < -0.39 is 0 Å². The van der Waals surface area contributed by atoms with E-state index in [4.69, 9.17) is 5.73 Å². The number of nitrogens with zero attached hydrogens (tertiary/aromatic N) is 1. The zero-order chi connectivity index (χ0) is 14.4. The molecule has 0 radical (unpaired) electrons. The number of phenolic OH excluding ortho intramolecular Hbond substituents is 1. The molecule has 0 amide bonds. The van der Waals surface area contributed by atoms with Crippen LogP contribution in [0.3, 0.4) is 0 Å². The summed E-state index contributed by atoms with van der Waals surface area (Å²) < 4.78 is 0. The van der Waals surface area contributed by atoms with E-state index in [0.717, 1.165) is 31.7 Å². The number of benzene rings is 2. The molecule has 2 rings (SSSR count). The molecule has 3 nitrogen and oxygen atoms in total. The normalized spacial score (nSPS) is 10.9. The molecule has 0 fully saturated rings. The number of rotatable bonds is 6. The highest BCUT2D eigenvalue weighted by atomic mass is 16.3. The summed E-state index contributed by atoms with van der Waals surface area (Å²) >= 11 is 0. The molecule has 0 atom stereocenters. The van der Waals surface area contributed by atoms with E-state index in [9.17, 15) is 5.11 Å². The van der Waals surface area contributed by atoms with Crippen molar-refractivity contribution in [3.8, 4) is 5.75 Å². The van der Waals surface area contributed by atoms with Gasteiger partial charge in [-0.1, -0.05) is 31.2 Å². The summed E-state index contributed by atoms with van der Waals surface area (Å²) in [6, 6.07) is 15.5. The number of nitrogens with two attached hydrogens (primary N) is 1. The van der Waals surface area contributed by atoms with Crippen molar-refractivity contribution in [3.05, 3.63) is 59.7 Å². The van der Waals surface area contributed by atoms with Gasteiger partial charge < -0.3 is 10.8 Å². The Hall–Kier alpha value is -2.00. The molecule has 0 spiro atoms. The van der Waals surface area contributed by atoms with Gasteiger partial charge in [-0.2, -0.15) is 0 Å². The minimum atomic E-state index is 0.312. The predicted molar refractivity (Wildman–Crippen MR) is 83.4 cm³/mol. The Morgan fingerprint density at radius 2 is 1.70 bits per heavy atom. The van der Waals surface area contributed by atoms with Gasteiger partial charge >= 0.3 is 0 Å². The lowest BCUT2D eigenvalue weighted by Crippen LogP contribution is -2.23.